The molecular formula is C15H19NO2Si. The standard InChI is InChI=1S/C15H19NO2Si/c1-12-9-10-17-15(12)11-16-13-7-5-6-8-14(13)18-19(2,3)4/h5-11H,1-4H3/b16-11+. The van der Waals surface area contributed by atoms with Crippen LogP contribution >= 0.6 is 0 Å². The Morgan fingerprint density at radius 1 is 1.16 bits per heavy atom. The molecule has 100 valence electrons. The fourth-order valence-corrected chi connectivity index (χ4v) is 2.46. The molecule has 3 nitrogen and oxygen atoms in total. The largest absolute Gasteiger partial charge is 0.543 e. The Bertz CT molecular complexity index is 582. The number of aryl methyl sites for hydroxylation is 1. The summed E-state index contributed by atoms with van der Waals surface area (Å²) in [7, 11) is -1.63. The van der Waals surface area contributed by atoms with E-state index < -0.39 is 8.32 Å². The second-order valence-corrected chi connectivity index (χ2v) is 9.84. The third kappa shape index (κ3) is 3.82. The zero-order valence-electron chi connectivity index (χ0n) is 11.8. The normalized spacial score (nSPS) is 12.0. The molecule has 1 aromatic heterocycles. The van der Waals surface area contributed by atoms with E-state index in [9.17, 15) is 0 Å². The van der Waals surface area contributed by atoms with Crippen LogP contribution in [0.1, 0.15) is 11.3 Å². The molecule has 0 fully saturated rings. The molecule has 4 heteroatoms. The molecular weight excluding hydrogens is 254 g/mol. The maximum atomic E-state index is 6.03. The van der Waals surface area contributed by atoms with Crippen LogP contribution in [0.2, 0.25) is 19.6 Å². The summed E-state index contributed by atoms with van der Waals surface area (Å²) in [5.74, 6) is 1.62. The minimum absolute atomic E-state index is 0.780. The van der Waals surface area contributed by atoms with Crippen molar-refractivity contribution in [3.8, 4) is 5.75 Å². The topological polar surface area (TPSA) is 34.7 Å². The lowest BCUT2D eigenvalue weighted by Crippen LogP contribution is -2.29. The van der Waals surface area contributed by atoms with Crippen molar-refractivity contribution in [2.75, 3.05) is 0 Å². The molecule has 0 unspecified atom stereocenters. The number of hydrogen-bond donors (Lipinski definition) is 0. The summed E-state index contributed by atoms with van der Waals surface area (Å²) in [6, 6.07) is 9.75. The Balaban J connectivity index is 2.25. The molecule has 0 bridgehead atoms. The van der Waals surface area contributed by atoms with Gasteiger partial charge in [-0.25, -0.2) is 4.99 Å². The Kier molecular flexibility index (Phi) is 3.90. The van der Waals surface area contributed by atoms with Crippen LogP contribution in [0, 0.1) is 6.92 Å². The molecule has 0 radical (unpaired) electrons. The van der Waals surface area contributed by atoms with E-state index in [0.29, 0.717) is 0 Å². The van der Waals surface area contributed by atoms with Gasteiger partial charge in [0.2, 0.25) is 8.32 Å². The van der Waals surface area contributed by atoms with Crippen molar-refractivity contribution in [2.24, 2.45) is 4.99 Å². The summed E-state index contributed by atoms with van der Waals surface area (Å²) >= 11 is 0. The Morgan fingerprint density at radius 3 is 2.53 bits per heavy atom. The van der Waals surface area contributed by atoms with Crippen LogP contribution in [0.25, 0.3) is 0 Å². The van der Waals surface area contributed by atoms with Crippen molar-refractivity contribution in [1.29, 1.82) is 0 Å². The fourth-order valence-electron chi connectivity index (χ4n) is 1.62. The summed E-state index contributed by atoms with van der Waals surface area (Å²) in [6.45, 7) is 8.47. The predicted octanol–water partition coefficient (Wildman–Crippen LogP) is 4.55. The number of nitrogens with zero attached hydrogens (tertiary/aromatic N) is 1. The molecule has 0 spiro atoms. The van der Waals surface area contributed by atoms with Crippen molar-refractivity contribution in [3.05, 3.63) is 47.9 Å². The van der Waals surface area contributed by atoms with Crippen molar-refractivity contribution in [3.63, 3.8) is 0 Å². The quantitative estimate of drug-likeness (QED) is 0.605. The first-order valence-corrected chi connectivity index (χ1v) is 9.73. The van der Waals surface area contributed by atoms with Crippen LogP contribution in [-0.4, -0.2) is 14.5 Å². The zero-order valence-corrected chi connectivity index (χ0v) is 12.8. The lowest BCUT2D eigenvalue weighted by molar-refractivity contribution is 0.556. The Hall–Kier alpha value is -1.81. The van der Waals surface area contributed by atoms with Crippen molar-refractivity contribution < 1.29 is 8.84 Å². The third-order valence-corrected chi connectivity index (χ3v) is 3.34. The smallest absolute Gasteiger partial charge is 0.242 e. The molecule has 2 aromatic rings. The molecule has 0 atom stereocenters. The van der Waals surface area contributed by atoms with Gasteiger partial charge in [0.1, 0.15) is 17.2 Å². The molecule has 0 aliphatic rings. The molecule has 1 aromatic carbocycles. The van der Waals surface area contributed by atoms with Crippen LogP contribution in [0.3, 0.4) is 0 Å². The van der Waals surface area contributed by atoms with Gasteiger partial charge in [-0.3, -0.25) is 0 Å². The van der Waals surface area contributed by atoms with Crippen molar-refractivity contribution >= 4 is 20.2 Å². The van der Waals surface area contributed by atoms with Gasteiger partial charge in [-0.15, -0.1) is 0 Å². The molecule has 0 aliphatic carbocycles. The van der Waals surface area contributed by atoms with E-state index in [1.165, 1.54) is 0 Å². The van der Waals surface area contributed by atoms with Gasteiger partial charge in [0, 0.05) is 0 Å². The van der Waals surface area contributed by atoms with Crippen LogP contribution < -0.4 is 4.43 Å². The van der Waals surface area contributed by atoms with E-state index in [2.05, 4.69) is 24.6 Å². The first-order valence-electron chi connectivity index (χ1n) is 6.32. The summed E-state index contributed by atoms with van der Waals surface area (Å²) in [6.07, 6.45) is 3.41. The van der Waals surface area contributed by atoms with E-state index in [0.717, 1.165) is 22.8 Å². The van der Waals surface area contributed by atoms with Gasteiger partial charge in [-0.05, 0) is 50.3 Å². The van der Waals surface area contributed by atoms with Gasteiger partial charge in [-0.2, -0.15) is 0 Å². The lowest BCUT2D eigenvalue weighted by Gasteiger charge is -2.20. The van der Waals surface area contributed by atoms with Crippen molar-refractivity contribution in [2.45, 2.75) is 26.6 Å². The monoisotopic (exact) mass is 273 g/mol. The fraction of sp³-hybridized carbons (Fsp3) is 0.267. The first-order chi connectivity index (χ1) is 8.96. The Labute approximate surface area is 115 Å². The highest BCUT2D eigenvalue weighted by molar-refractivity contribution is 6.70. The average Bonchev–Trinajstić information content (AvgIpc) is 2.72. The van der Waals surface area contributed by atoms with Crippen LogP contribution in [0.4, 0.5) is 5.69 Å². The molecule has 2 rings (SSSR count). The molecule has 0 saturated heterocycles. The van der Waals surface area contributed by atoms with E-state index in [1.54, 1.807) is 12.5 Å². The molecule has 0 aliphatic heterocycles. The Morgan fingerprint density at radius 2 is 1.89 bits per heavy atom. The summed E-state index contributed by atoms with van der Waals surface area (Å²) in [5.41, 5.74) is 1.91. The summed E-state index contributed by atoms with van der Waals surface area (Å²) < 4.78 is 11.4. The van der Waals surface area contributed by atoms with Crippen LogP contribution in [0.15, 0.2) is 46.0 Å². The van der Waals surface area contributed by atoms with E-state index in [4.69, 9.17) is 8.84 Å². The minimum atomic E-state index is -1.63. The van der Waals surface area contributed by atoms with Crippen LogP contribution in [-0.2, 0) is 0 Å². The average molecular weight is 273 g/mol. The SMILES string of the molecule is Cc1ccoc1/C=N/c1ccccc1O[Si](C)(C)C. The van der Waals surface area contributed by atoms with Gasteiger partial charge in [0.05, 0.1) is 12.5 Å². The summed E-state index contributed by atoms with van der Waals surface area (Å²) in [5, 5.41) is 0. The molecule has 0 amide bonds. The van der Waals surface area contributed by atoms with E-state index >= 15 is 0 Å². The van der Waals surface area contributed by atoms with Gasteiger partial charge >= 0.3 is 0 Å². The van der Waals surface area contributed by atoms with E-state index in [1.807, 2.05) is 37.3 Å². The number of benzene rings is 1. The van der Waals surface area contributed by atoms with Gasteiger partial charge < -0.3 is 8.84 Å². The van der Waals surface area contributed by atoms with E-state index in [-0.39, 0.29) is 0 Å². The molecule has 0 saturated carbocycles. The molecule has 1 heterocycles. The number of hydrogen-bond acceptors (Lipinski definition) is 3. The van der Waals surface area contributed by atoms with Crippen LogP contribution in [0.5, 0.6) is 5.75 Å². The number of para-hydroxylation sites is 2. The highest BCUT2D eigenvalue weighted by Crippen LogP contribution is 2.29. The van der Waals surface area contributed by atoms with Gasteiger partial charge in [-0.1, -0.05) is 12.1 Å². The molecule has 19 heavy (non-hydrogen) atoms. The number of rotatable bonds is 4. The zero-order chi connectivity index (χ0) is 13.9. The molecule has 0 N–H and O–H groups in total. The van der Waals surface area contributed by atoms with Crippen molar-refractivity contribution in [1.82, 2.24) is 0 Å². The maximum absolute atomic E-state index is 6.03. The highest BCUT2D eigenvalue weighted by Gasteiger charge is 2.17. The second-order valence-electron chi connectivity index (χ2n) is 5.41. The lowest BCUT2D eigenvalue weighted by atomic mass is 10.3. The highest BCUT2D eigenvalue weighted by atomic mass is 28.4. The van der Waals surface area contributed by atoms with Gasteiger partial charge in [0.25, 0.3) is 0 Å². The number of furan rings is 1. The summed E-state index contributed by atoms with van der Waals surface area (Å²) in [4.78, 5) is 4.47. The van der Waals surface area contributed by atoms with Gasteiger partial charge in [0.15, 0.2) is 0 Å². The first kappa shape index (κ1) is 13.6. The maximum Gasteiger partial charge on any atom is 0.242 e. The minimum Gasteiger partial charge on any atom is -0.543 e. The number of aliphatic imine (C=N–C) groups is 1. The predicted molar refractivity (Wildman–Crippen MR) is 81.1 cm³/mol. The second kappa shape index (κ2) is 5.44. The third-order valence-electron chi connectivity index (χ3n) is 2.50.